The van der Waals surface area contributed by atoms with Crippen molar-refractivity contribution in [1.29, 1.82) is 0 Å². The minimum atomic E-state index is 0.0263. The first-order valence-corrected chi connectivity index (χ1v) is 9.91. The Kier molecular flexibility index (Phi) is 5.61. The zero-order valence-electron chi connectivity index (χ0n) is 14.6. The number of nitrogens with zero attached hydrogens (tertiary/aromatic N) is 2. The van der Waals surface area contributed by atoms with E-state index in [4.69, 9.17) is 0 Å². The fourth-order valence-electron chi connectivity index (χ4n) is 3.07. The van der Waals surface area contributed by atoms with Crippen molar-refractivity contribution >= 4 is 44.1 Å². The molecule has 0 aliphatic rings. The number of likely N-dealkylation sites (N-methyl/N-ethyl adjacent to an activating group) is 1. The molecule has 0 fully saturated rings. The van der Waals surface area contributed by atoms with Crippen molar-refractivity contribution in [3.05, 3.63) is 56.8 Å². The third kappa shape index (κ3) is 3.81. The molecular weight excluding hydrogens is 398 g/mol. The maximum Gasteiger partial charge on any atom is 0.240 e. The number of hydrogen-bond acceptors (Lipinski definition) is 3. The van der Waals surface area contributed by atoms with Crippen LogP contribution in [0.4, 0.5) is 0 Å². The molecule has 0 aliphatic carbocycles. The highest BCUT2D eigenvalue weighted by Gasteiger charge is 2.17. The van der Waals surface area contributed by atoms with Crippen LogP contribution in [0.1, 0.15) is 17.3 Å². The van der Waals surface area contributed by atoms with Gasteiger partial charge >= 0.3 is 0 Å². The largest absolute Gasteiger partial charge is 0.353 e. The van der Waals surface area contributed by atoms with E-state index in [1.807, 2.05) is 39.2 Å². The Morgan fingerprint density at radius 1 is 1.32 bits per heavy atom. The molecule has 25 heavy (non-hydrogen) atoms. The van der Waals surface area contributed by atoms with Gasteiger partial charge in [0.1, 0.15) is 6.54 Å². The molecule has 3 aromatic rings. The average molecular weight is 420 g/mol. The molecule has 1 N–H and O–H groups in total. The molecule has 0 saturated heterocycles. The molecule has 0 spiro atoms. The smallest absolute Gasteiger partial charge is 0.240 e. The van der Waals surface area contributed by atoms with Crippen LogP contribution in [0.5, 0.6) is 0 Å². The maximum atomic E-state index is 12.6. The van der Waals surface area contributed by atoms with E-state index < -0.39 is 0 Å². The van der Waals surface area contributed by atoms with Crippen LogP contribution in [0.25, 0.3) is 10.9 Å². The van der Waals surface area contributed by atoms with Crippen molar-refractivity contribution in [3.8, 4) is 0 Å². The summed E-state index contributed by atoms with van der Waals surface area (Å²) in [6.45, 7) is 2.95. The van der Waals surface area contributed by atoms with Gasteiger partial charge in [-0.15, -0.1) is 0 Å². The summed E-state index contributed by atoms with van der Waals surface area (Å²) in [5, 5.41) is 8.43. The fraction of sp³-hybridized carbons (Fsp3) is 0.316. The van der Waals surface area contributed by atoms with Gasteiger partial charge in [0, 0.05) is 27.6 Å². The lowest BCUT2D eigenvalue weighted by Crippen LogP contribution is -2.36. The number of fused-ring (bicyclic) bond motifs is 1. The third-order valence-electron chi connectivity index (χ3n) is 4.50. The van der Waals surface area contributed by atoms with Gasteiger partial charge in [-0.05, 0) is 65.4 Å². The molecule has 0 saturated carbocycles. The topological polar surface area (TPSA) is 37.3 Å². The molecule has 2 aromatic heterocycles. The Labute approximate surface area is 160 Å². The Balaban J connectivity index is 1.72. The summed E-state index contributed by atoms with van der Waals surface area (Å²) < 4.78 is 3.12. The van der Waals surface area contributed by atoms with Crippen LogP contribution in [0, 0.1) is 6.92 Å². The number of thiophene rings is 1. The summed E-state index contributed by atoms with van der Waals surface area (Å²) in [6.07, 6.45) is 0. The van der Waals surface area contributed by atoms with Gasteiger partial charge in [-0.25, -0.2) is 0 Å². The molecule has 2 heterocycles. The molecular formula is C19H22BrN3OS. The van der Waals surface area contributed by atoms with Crippen LogP contribution in [0.3, 0.4) is 0 Å². The molecule has 0 aliphatic heterocycles. The molecule has 132 valence electrons. The van der Waals surface area contributed by atoms with E-state index in [9.17, 15) is 4.79 Å². The molecule has 1 aromatic carbocycles. The molecule has 6 heteroatoms. The van der Waals surface area contributed by atoms with Gasteiger partial charge in [0.05, 0.1) is 6.04 Å². The molecule has 1 atom stereocenters. The van der Waals surface area contributed by atoms with Crippen molar-refractivity contribution in [2.24, 2.45) is 0 Å². The maximum absolute atomic E-state index is 12.6. The monoisotopic (exact) mass is 419 g/mol. The van der Waals surface area contributed by atoms with Crippen molar-refractivity contribution in [3.63, 3.8) is 0 Å². The highest BCUT2D eigenvalue weighted by atomic mass is 79.9. The van der Waals surface area contributed by atoms with Crippen LogP contribution in [0.15, 0.2) is 45.6 Å². The second-order valence-electron chi connectivity index (χ2n) is 6.34. The van der Waals surface area contributed by atoms with E-state index in [0.29, 0.717) is 13.1 Å². The van der Waals surface area contributed by atoms with Crippen LogP contribution in [-0.4, -0.2) is 36.0 Å². The summed E-state index contributed by atoms with van der Waals surface area (Å²) in [5.41, 5.74) is 3.38. The van der Waals surface area contributed by atoms with Gasteiger partial charge in [0.2, 0.25) is 5.91 Å². The number of hydrogen-bond donors (Lipinski definition) is 1. The third-order valence-corrected chi connectivity index (χ3v) is 6.20. The highest BCUT2D eigenvalue weighted by Crippen LogP contribution is 2.30. The summed E-state index contributed by atoms with van der Waals surface area (Å²) in [5.74, 6) is 0.0263. The molecule has 4 nitrogen and oxygen atoms in total. The molecule has 1 amide bonds. The quantitative estimate of drug-likeness (QED) is 0.649. The van der Waals surface area contributed by atoms with E-state index in [1.54, 1.807) is 11.3 Å². The molecule has 0 radical (unpaired) electrons. The predicted octanol–water partition coefficient (Wildman–Crippen LogP) is 4.19. The van der Waals surface area contributed by atoms with Crippen molar-refractivity contribution in [2.45, 2.75) is 19.5 Å². The van der Waals surface area contributed by atoms with Gasteiger partial charge in [0.25, 0.3) is 0 Å². The number of halogens is 1. The van der Waals surface area contributed by atoms with Crippen LogP contribution < -0.4 is 5.32 Å². The van der Waals surface area contributed by atoms with Gasteiger partial charge in [-0.3, -0.25) is 4.79 Å². The standard InChI is InChI=1S/C19H22BrN3OS/c1-13-19(20)15-6-4-5-7-16(15)23(13)11-18(24)21-10-17(22(2)3)14-8-9-25-12-14/h4-9,12,17H,10-11H2,1-3H3,(H,21,24)/t17-/m1/s1. The first-order chi connectivity index (χ1) is 12.0. The Hall–Kier alpha value is -1.63. The summed E-state index contributed by atoms with van der Waals surface area (Å²) in [7, 11) is 4.07. The number of aromatic nitrogens is 1. The first-order valence-electron chi connectivity index (χ1n) is 8.17. The zero-order valence-corrected chi connectivity index (χ0v) is 17.0. The summed E-state index contributed by atoms with van der Waals surface area (Å²) >= 11 is 5.32. The van der Waals surface area contributed by atoms with Gasteiger partial charge in [-0.1, -0.05) is 18.2 Å². The van der Waals surface area contributed by atoms with Gasteiger partial charge in [0.15, 0.2) is 0 Å². The Morgan fingerprint density at radius 3 is 2.76 bits per heavy atom. The minimum Gasteiger partial charge on any atom is -0.353 e. The van der Waals surface area contributed by atoms with E-state index in [2.05, 4.69) is 53.6 Å². The number of amides is 1. The minimum absolute atomic E-state index is 0.0263. The van der Waals surface area contributed by atoms with Crippen LogP contribution >= 0.6 is 27.3 Å². The van der Waals surface area contributed by atoms with Crippen LogP contribution in [-0.2, 0) is 11.3 Å². The Morgan fingerprint density at radius 2 is 2.08 bits per heavy atom. The molecule has 0 bridgehead atoms. The fourth-order valence-corrected chi connectivity index (χ4v) is 4.32. The van der Waals surface area contributed by atoms with E-state index >= 15 is 0 Å². The lowest BCUT2D eigenvalue weighted by Gasteiger charge is -2.24. The van der Waals surface area contributed by atoms with E-state index in [1.165, 1.54) is 5.56 Å². The second-order valence-corrected chi connectivity index (χ2v) is 7.92. The normalized spacial score (nSPS) is 12.7. The number of carbonyl (C=O) groups is 1. The van der Waals surface area contributed by atoms with Crippen LogP contribution in [0.2, 0.25) is 0 Å². The van der Waals surface area contributed by atoms with Gasteiger partial charge in [-0.2, -0.15) is 11.3 Å². The predicted molar refractivity (Wildman–Crippen MR) is 108 cm³/mol. The SMILES string of the molecule is Cc1c(Br)c2ccccc2n1CC(=O)NC[C@H](c1ccsc1)N(C)C. The van der Waals surface area contributed by atoms with E-state index in [-0.39, 0.29) is 11.9 Å². The van der Waals surface area contributed by atoms with Crippen molar-refractivity contribution in [1.82, 2.24) is 14.8 Å². The highest BCUT2D eigenvalue weighted by molar-refractivity contribution is 9.10. The van der Waals surface area contributed by atoms with Crippen molar-refractivity contribution < 1.29 is 4.79 Å². The first kappa shape index (κ1) is 18.2. The lowest BCUT2D eigenvalue weighted by molar-refractivity contribution is -0.121. The summed E-state index contributed by atoms with van der Waals surface area (Å²) in [6, 6.07) is 10.4. The molecule has 3 rings (SSSR count). The van der Waals surface area contributed by atoms with E-state index in [0.717, 1.165) is 21.1 Å². The number of carbonyl (C=O) groups excluding carboxylic acids is 1. The number of nitrogens with one attached hydrogen (secondary N) is 1. The number of benzene rings is 1. The Bertz CT molecular complexity index is 870. The van der Waals surface area contributed by atoms with Gasteiger partial charge < -0.3 is 14.8 Å². The van der Waals surface area contributed by atoms with Crippen molar-refractivity contribution in [2.75, 3.05) is 20.6 Å². The number of rotatable bonds is 6. The molecule has 0 unspecified atom stereocenters. The summed E-state index contributed by atoms with van der Waals surface area (Å²) in [4.78, 5) is 14.7. The average Bonchev–Trinajstić information content (AvgIpc) is 3.19. The second kappa shape index (κ2) is 7.72. The number of para-hydroxylation sites is 1. The lowest BCUT2D eigenvalue weighted by atomic mass is 10.1. The zero-order chi connectivity index (χ0) is 18.0.